The van der Waals surface area contributed by atoms with Gasteiger partial charge in [0, 0.05) is 10.8 Å². The van der Waals surface area contributed by atoms with Gasteiger partial charge in [-0.25, -0.2) is 0 Å². The fourth-order valence-corrected chi connectivity index (χ4v) is 5.66. The SMILES string of the molecule is C1=CC[C@]23C=C[C@]2(C1)[C@H]1C=C[C@H]3[C@@H]2COC[C@H]21. The average Bonchev–Trinajstić information content (AvgIpc) is 2.81. The summed E-state index contributed by atoms with van der Waals surface area (Å²) >= 11 is 0. The summed E-state index contributed by atoms with van der Waals surface area (Å²) in [6.07, 6.45) is 17.5. The van der Waals surface area contributed by atoms with E-state index in [4.69, 9.17) is 4.74 Å². The fourth-order valence-electron chi connectivity index (χ4n) is 5.66. The quantitative estimate of drug-likeness (QED) is 0.577. The van der Waals surface area contributed by atoms with Gasteiger partial charge < -0.3 is 4.74 Å². The molecule has 0 N–H and O–H groups in total. The van der Waals surface area contributed by atoms with E-state index < -0.39 is 0 Å². The molecule has 6 aliphatic rings. The lowest BCUT2D eigenvalue weighted by Crippen LogP contribution is -2.64. The molecule has 6 atom stereocenters. The summed E-state index contributed by atoms with van der Waals surface area (Å²) in [5, 5.41) is 0. The first-order chi connectivity index (χ1) is 8.37. The highest BCUT2D eigenvalue weighted by molar-refractivity contribution is 5.43. The molecule has 2 fully saturated rings. The van der Waals surface area contributed by atoms with Crippen LogP contribution in [0, 0.1) is 34.5 Å². The van der Waals surface area contributed by atoms with Crippen molar-refractivity contribution >= 4 is 0 Å². The minimum absolute atomic E-state index is 0.468. The van der Waals surface area contributed by atoms with Crippen molar-refractivity contribution < 1.29 is 4.74 Å². The van der Waals surface area contributed by atoms with Gasteiger partial charge in [-0.2, -0.15) is 0 Å². The molecule has 1 heteroatoms. The molecule has 88 valence electrons. The van der Waals surface area contributed by atoms with Crippen molar-refractivity contribution in [3.63, 3.8) is 0 Å². The molecular weight excluding hydrogens is 208 g/mol. The number of rotatable bonds is 0. The molecule has 1 aliphatic heterocycles. The lowest BCUT2D eigenvalue weighted by Gasteiger charge is -2.69. The van der Waals surface area contributed by atoms with E-state index in [-0.39, 0.29) is 0 Å². The number of hydrogen-bond acceptors (Lipinski definition) is 1. The Bertz CT molecular complexity index is 434. The van der Waals surface area contributed by atoms with Crippen LogP contribution in [0.2, 0.25) is 0 Å². The van der Waals surface area contributed by atoms with E-state index in [1.165, 1.54) is 12.8 Å². The van der Waals surface area contributed by atoms with E-state index in [0.717, 1.165) is 36.9 Å². The summed E-state index contributed by atoms with van der Waals surface area (Å²) in [5.74, 6) is 3.09. The maximum absolute atomic E-state index is 5.81. The first kappa shape index (κ1) is 9.16. The smallest absolute Gasteiger partial charge is 0.0504 e. The van der Waals surface area contributed by atoms with E-state index in [9.17, 15) is 0 Å². The second-order valence-corrected chi connectivity index (χ2v) is 6.60. The molecule has 1 heterocycles. The van der Waals surface area contributed by atoms with Crippen LogP contribution in [0.3, 0.4) is 0 Å². The number of ether oxygens (including phenoxy) is 1. The Morgan fingerprint density at radius 1 is 0.824 bits per heavy atom. The Hall–Kier alpha value is -0.820. The number of hydrogen-bond donors (Lipinski definition) is 0. The van der Waals surface area contributed by atoms with E-state index in [1.807, 2.05) is 0 Å². The largest absolute Gasteiger partial charge is 0.381 e. The predicted molar refractivity (Wildman–Crippen MR) is 66.3 cm³/mol. The van der Waals surface area contributed by atoms with E-state index >= 15 is 0 Å². The van der Waals surface area contributed by atoms with Gasteiger partial charge >= 0.3 is 0 Å². The Morgan fingerprint density at radius 2 is 1.35 bits per heavy atom. The normalized spacial score (nSPS) is 60.7. The van der Waals surface area contributed by atoms with Gasteiger partial charge in [-0.05, 0) is 36.5 Å². The zero-order valence-electron chi connectivity index (χ0n) is 10.0. The third-order valence-electron chi connectivity index (χ3n) is 6.43. The van der Waals surface area contributed by atoms with Crippen molar-refractivity contribution in [2.75, 3.05) is 13.2 Å². The first-order valence-electron chi connectivity index (χ1n) is 6.99. The lowest BCUT2D eigenvalue weighted by atomic mass is 9.33. The standard InChI is InChI=1S/C16H18O/c1-2-6-16-8-7-15(16,5-1)13-3-4-14(16)12-10-17-9-11(12)13/h1-4,7-8,11-14H,5-6,9-10H2/t11-,12-,13+,14+,15-,16-/m1/s1. The van der Waals surface area contributed by atoms with Crippen molar-refractivity contribution in [3.05, 3.63) is 36.5 Å². The van der Waals surface area contributed by atoms with Gasteiger partial charge in [0.15, 0.2) is 0 Å². The highest BCUT2D eigenvalue weighted by Gasteiger charge is 2.69. The summed E-state index contributed by atoms with van der Waals surface area (Å²) in [6.45, 7) is 2.01. The summed E-state index contributed by atoms with van der Waals surface area (Å²) in [4.78, 5) is 0. The summed E-state index contributed by atoms with van der Waals surface area (Å²) in [7, 11) is 0. The van der Waals surface area contributed by atoms with Crippen molar-refractivity contribution in [3.8, 4) is 0 Å². The zero-order valence-corrected chi connectivity index (χ0v) is 10.0. The minimum Gasteiger partial charge on any atom is -0.381 e. The maximum atomic E-state index is 5.81. The molecule has 0 aromatic rings. The molecule has 1 saturated carbocycles. The molecule has 0 unspecified atom stereocenters. The third kappa shape index (κ3) is 0.753. The van der Waals surface area contributed by atoms with Crippen LogP contribution in [-0.4, -0.2) is 13.2 Å². The topological polar surface area (TPSA) is 9.23 Å². The number of allylic oxidation sites excluding steroid dienone is 6. The summed E-state index contributed by atoms with van der Waals surface area (Å²) in [6, 6.07) is 0. The highest BCUT2D eigenvalue weighted by Crippen LogP contribution is 2.74. The van der Waals surface area contributed by atoms with E-state index in [1.54, 1.807) is 0 Å². The van der Waals surface area contributed by atoms with Crippen molar-refractivity contribution in [1.82, 2.24) is 0 Å². The molecule has 0 aromatic carbocycles. The van der Waals surface area contributed by atoms with Gasteiger partial charge in [-0.15, -0.1) is 0 Å². The summed E-state index contributed by atoms with van der Waals surface area (Å²) in [5.41, 5.74) is 0.937. The van der Waals surface area contributed by atoms with Gasteiger partial charge in [0.05, 0.1) is 13.2 Å². The molecule has 1 saturated heterocycles. The fraction of sp³-hybridized carbons (Fsp3) is 0.625. The Balaban J connectivity index is 1.75. The minimum atomic E-state index is 0.468. The molecule has 1 nitrogen and oxygen atoms in total. The second-order valence-electron chi connectivity index (χ2n) is 6.60. The van der Waals surface area contributed by atoms with Gasteiger partial charge in [-0.1, -0.05) is 36.5 Å². The van der Waals surface area contributed by atoms with Crippen LogP contribution >= 0.6 is 0 Å². The molecule has 0 aromatic heterocycles. The van der Waals surface area contributed by atoms with Gasteiger partial charge in [0.2, 0.25) is 0 Å². The predicted octanol–water partition coefficient (Wildman–Crippen LogP) is 2.96. The first-order valence-corrected chi connectivity index (χ1v) is 6.99. The van der Waals surface area contributed by atoms with Crippen molar-refractivity contribution in [2.45, 2.75) is 12.8 Å². The maximum Gasteiger partial charge on any atom is 0.0504 e. The van der Waals surface area contributed by atoms with Crippen LogP contribution in [0.1, 0.15) is 12.8 Å². The zero-order chi connectivity index (χ0) is 11.1. The molecule has 0 spiro atoms. The molecule has 2 bridgehead atoms. The molecular formula is C16H18O. The molecule has 17 heavy (non-hydrogen) atoms. The van der Waals surface area contributed by atoms with E-state index in [0.29, 0.717) is 10.8 Å². The van der Waals surface area contributed by atoms with Gasteiger partial charge in [0.25, 0.3) is 0 Å². The Morgan fingerprint density at radius 3 is 1.82 bits per heavy atom. The summed E-state index contributed by atoms with van der Waals surface area (Å²) < 4.78 is 5.81. The van der Waals surface area contributed by atoms with Crippen molar-refractivity contribution in [2.24, 2.45) is 34.5 Å². The monoisotopic (exact) mass is 226 g/mol. The van der Waals surface area contributed by atoms with E-state index in [2.05, 4.69) is 36.5 Å². The molecule has 0 radical (unpaired) electrons. The van der Waals surface area contributed by atoms with Crippen LogP contribution in [-0.2, 0) is 4.74 Å². The van der Waals surface area contributed by atoms with Crippen LogP contribution < -0.4 is 0 Å². The van der Waals surface area contributed by atoms with Crippen LogP contribution in [0.15, 0.2) is 36.5 Å². The Kier molecular flexibility index (Phi) is 1.41. The highest BCUT2D eigenvalue weighted by atomic mass is 16.5. The van der Waals surface area contributed by atoms with Gasteiger partial charge in [0.1, 0.15) is 0 Å². The van der Waals surface area contributed by atoms with Crippen molar-refractivity contribution in [1.29, 1.82) is 0 Å². The molecule has 0 amide bonds. The molecule has 6 rings (SSSR count). The van der Waals surface area contributed by atoms with Gasteiger partial charge in [-0.3, -0.25) is 0 Å². The molecule has 5 aliphatic carbocycles. The lowest BCUT2D eigenvalue weighted by molar-refractivity contribution is -0.0976. The second kappa shape index (κ2) is 2.61. The van der Waals surface area contributed by atoms with Crippen LogP contribution in [0.5, 0.6) is 0 Å². The Labute approximate surface area is 102 Å². The average molecular weight is 226 g/mol. The van der Waals surface area contributed by atoms with Crippen LogP contribution in [0.25, 0.3) is 0 Å². The van der Waals surface area contributed by atoms with Crippen LogP contribution in [0.4, 0.5) is 0 Å². The third-order valence-corrected chi connectivity index (χ3v) is 6.43.